The van der Waals surface area contributed by atoms with Gasteiger partial charge in [0.1, 0.15) is 11.5 Å². The minimum atomic E-state index is -0.293. The van der Waals surface area contributed by atoms with E-state index in [1.54, 1.807) is 7.11 Å². The van der Waals surface area contributed by atoms with E-state index < -0.39 is 0 Å². The summed E-state index contributed by atoms with van der Waals surface area (Å²) in [5, 5.41) is 2.94. The van der Waals surface area contributed by atoms with E-state index in [0.29, 0.717) is 12.1 Å². The number of amides is 1. The second-order valence-electron chi connectivity index (χ2n) is 8.31. The zero-order valence-corrected chi connectivity index (χ0v) is 19.4. The summed E-state index contributed by atoms with van der Waals surface area (Å²) in [5.74, 6) is 2.27. The maximum Gasteiger partial charge on any atom is 0.251 e. The van der Waals surface area contributed by atoms with Gasteiger partial charge in [0, 0.05) is 18.2 Å². The van der Waals surface area contributed by atoms with Crippen LogP contribution >= 0.6 is 0 Å². The van der Waals surface area contributed by atoms with Crippen molar-refractivity contribution in [2.75, 3.05) is 7.11 Å². The molecule has 170 valence electrons. The van der Waals surface area contributed by atoms with Crippen molar-refractivity contribution in [2.45, 2.75) is 39.5 Å². The van der Waals surface area contributed by atoms with Crippen molar-refractivity contribution in [3.05, 3.63) is 89.7 Å². The molecule has 3 aromatic carbocycles. The summed E-state index contributed by atoms with van der Waals surface area (Å²) in [6.07, 6.45) is -0.293. The predicted molar refractivity (Wildman–Crippen MR) is 130 cm³/mol. The lowest BCUT2D eigenvalue weighted by molar-refractivity contribution is 0.0943. The first-order valence-corrected chi connectivity index (χ1v) is 11.1. The topological polar surface area (TPSA) is 65.4 Å². The first-order valence-electron chi connectivity index (χ1n) is 11.1. The molecule has 6 nitrogen and oxygen atoms in total. The van der Waals surface area contributed by atoms with Gasteiger partial charge in [0.05, 0.1) is 18.1 Å². The molecule has 4 aromatic rings. The highest BCUT2D eigenvalue weighted by Gasteiger charge is 2.20. The van der Waals surface area contributed by atoms with Crippen molar-refractivity contribution in [2.24, 2.45) is 0 Å². The molecule has 1 amide bonds. The maximum atomic E-state index is 12.5. The number of ether oxygens (including phenoxy) is 2. The summed E-state index contributed by atoms with van der Waals surface area (Å²) < 4.78 is 13.7. The number of benzene rings is 3. The second kappa shape index (κ2) is 9.77. The molecule has 0 aliphatic heterocycles. The fraction of sp³-hybridized carbons (Fsp3) is 0.259. The number of nitrogens with zero attached hydrogens (tertiary/aromatic N) is 2. The molecule has 0 spiro atoms. The Kier molecular flexibility index (Phi) is 6.63. The molecule has 1 aromatic heterocycles. The van der Waals surface area contributed by atoms with Gasteiger partial charge >= 0.3 is 0 Å². The Hall–Kier alpha value is -3.80. The lowest BCUT2D eigenvalue weighted by atomic mass is 10.1. The van der Waals surface area contributed by atoms with Crippen LogP contribution in [-0.2, 0) is 6.54 Å². The molecule has 0 saturated carbocycles. The zero-order chi connectivity index (χ0) is 23.4. The van der Waals surface area contributed by atoms with Crippen molar-refractivity contribution >= 4 is 16.9 Å². The lowest BCUT2D eigenvalue weighted by Gasteiger charge is -2.17. The largest absolute Gasteiger partial charge is 0.497 e. The molecule has 0 aliphatic carbocycles. The number of aromatic nitrogens is 2. The summed E-state index contributed by atoms with van der Waals surface area (Å²) in [4.78, 5) is 17.4. The number of nitrogens with one attached hydrogen (secondary N) is 1. The summed E-state index contributed by atoms with van der Waals surface area (Å²) in [6.45, 7) is 6.48. The SMILES string of the molecule is COc1cccc(Cn2c(C(C)Oc3ccccc3)nc3cc(C(=O)NC(C)C)ccc32)c1. The Morgan fingerprint density at radius 1 is 0.970 bits per heavy atom. The van der Waals surface area contributed by atoms with Crippen LogP contribution in [0.5, 0.6) is 11.5 Å². The number of hydrogen-bond donors (Lipinski definition) is 1. The number of carbonyl (C=O) groups is 1. The number of methoxy groups -OCH3 is 1. The smallest absolute Gasteiger partial charge is 0.251 e. The molecule has 1 N–H and O–H groups in total. The van der Waals surface area contributed by atoms with Crippen LogP contribution in [0.15, 0.2) is 72.8 Å². The molecule has 33 heavy (non-hydrogen) atoms. The molecule has 0 fully saturated rings. The quantitative estimate of drug-likeness (QED) is 0.398. The average molecular weight is 444 g/mol. The van der Waals surface area contributed by atoms with E-state index in [1.165, 1.54) is 0 Å². The van der Waals surface area contributed by atoms with E-state index in [0.717, 1.165) is 33.9 Å². The minimum absolute atomic E-state index is 0.0636. The summed E-state index contributed by atoms with van der Waals surface area (Å²) in [5.41, 5.74) is 3.37. The Labute approximate surface area is 194 Å². The molecule has 0 saturated heterocycles. The number of imidazole rings is 1. The van der Waals surface area contributed by atoms with Crippen molar-refractivity contribution in [3.63, 3.8) is 0 Å². The standard InChI is InChI=1S/C27H29N3O3/c1-18(2)28-27(31)21-13-14-25-24(16-21)29-26(19(3)33-22-10-6-5-7-11-22)30(25)17-20-9-8-12-23(15-20)32-4/h5-16,18-19H,17H2,1-4H3,(H,28,31). The monoisotopic (exact) mass is 443 g/mol. The summed E-state index contributed by atoms with van der Waals surface area (Å²) >= 11 is 0. The van der Waals surface area contributed by atoms with Gasteiger partial charge in [0.15, 0.2) is 11.9 Å². The highest BCUT2D eigenvalue weighted by Crippen LogP contribution is 2.27. The molecule has 1 atom stereocenters. The van der Waals surface area contributed by atoms with Gasteiger partial charge in [-0.1, -0.05) is 30.3 Å². The predicted octanol–water partition coefficient (Wildman–Crippen LogP) is 5.37. The van der Waals surface area contributed by atoms with Crippen LogP contribution in [0.3, 0.4) is 0 Å². The van der Waals surface area contributed by atoms with Crippen LogP contribution in [0.25, 0.3) is 11.0 Å². The Morgan fingerprint density at radius 2 is 1.73 bits per heavy atom. The van der Waals surface area contributed by atoms with Crippen molar-refractivity contribution < 1.29 is 14.3 Å². The Morgan fingerprint density at radius 3 is 2.45 bits per heavy atom. The van der Waals surface area contributed by atoms with E-state index in [4.69, 9.17) is 14.5 Å². The average Bonchev–Trinajstić information content (AvgIpc) is 3.17. The number of hydrogen-bond acceptors (Lipinski definition) is 4. The van der Waals surface area contributed by atoms with E-state index in [2.05, 4.69) is 16.0 Å². The highest BCUT2D eigenvalue weighted by molar-refractivity contribution is 5.97. The normalized spacial score (nSPS) is 12.0. The fourth-order valence-corrected chi connectivity index (χ4v) is 3.82. The van der Waals surface area contributed by atoms with Gasteiger partial charge in [-0.05, 0) is 68.8 Å². The lowest BCUT2D eigenvalue weighted by Crippen LogP contribution is -2.29. The van der Waals surface area contributed by atoms with E-state index in [9.17, 15) is 4.79 Å². The van der Waals surface area contributed by atoms with Gasteiger partial charge < -0.3 is 19.4 Å². The Balaban J connectivity index is 1.75. The molecule has 0 aliphatic rings. The second-order valence-corrected chi connectivity index (χ2v) is 8.31. The van der Waals surface area contributed by atoms with Crippen molar-refractivity contribution in [3.8, 4) is 11.5 Å². The van der Waals surface area contributed by atoms with Crippen LogP contribution < -0.4 is 14.8 Å². The van der Waals surface area contributed by atoms with Gasteiger partial charge in [-0.2, -0.15) is 0 Å². The number of carbonyl (C=O) groups excluding carboxylic acids is 1. The number of para-hydroxylation sites is 1. The first kappa shape index (κ1) is 22.4. The van der Waals surface area contributed by atoms with Crippen molar-refractivity contribution in [1.29, 1.82) is 0 Å². The van der Waals surface area contributed by atoms with Crippen LogP contribution in [0.2, 0.25) is 0 Å². The maximum absolute atomic E-state index is 12.5. The highest BCUT2D eigenvalue weighted by atomic mass is 16.5. The molecular formula is C27H29N3O3. The first-order chi connectivity index (χ1) is 15.9. The van der Waals surface area contributed by atoms with Gasteiger partial charge in [-0.25, -0.2) is 4.98 Å². The van der Waals surface area contributed by atoms with Gasteiger partial charge in [-0.15, -0.1) is 0 Å². The van der Waals surface area contributed by atoms with Gasteiger partial charge in [-0.3, -0.25) is 4.79 Å². The fourth-order valence-electron chi connectivity index (χ4n) is 3.82. The molecule has 4 rings (SSSR count). The molecular weight excluding hydrogens is 414 g/mol. The third-order valence-electron chi connectivity index (χ3n) is 5.35. The molecule has 0 radical (unpaired) electrons. The molecule has 6 heteroatoms. The van der Waals surface area contributed by atoms with E-state index in [-0.39, 0.29) is 18.1 Å². The van der Waals surface area contributed by atoms with Crippen LogP contribution in [-0.4, -0.2) is 28.6 Å². The van der Waals surface area contributed by atoms with E-state index >= 15 is 0 Å². The van der Waals surface area contributed by atoms with E-state index in [1.807, 2.05) is 87.5 Å². The van der Waals surface area contributed by atoms with Gasteiger partial charge in [0.2, 0.25) is 0 Å². The Bertz CT molecular complexity index is 1250. The summed E-state index contributed by atoms with van der Waals surface area (Å²) in [7, 11) is 1.66. The van der Waals surface area contributed by atoms with Crippen LogP contribution in [0, 0.1) is 0 Å². The summed E-state index contributed by atoms with van der Waals surface area (Å²) in [6, 6.07) is 23.4. The third-order valence-corrected chi connectivity index (χ3v) is 5.35. The minimum Gasteiger partial charge on any atom is -0.497 e. The number of fused-ring (bicyclic) bond motifs is 1. The van der Waals surface area contributed by atoms with Crippen LogP contribution in [0.1, 0.15) is 48.6 Å². The molecule has 1 heterocycles. The van der Waals surface area contributed by atoms with Crippen LogP contribution in [0.4, 0.5) is 0 Å². The van der Waals surface area contributed by atoms with Crippen molar-refractivity contribution in [1.82, 2.24) is 14.9 Å². The number of rotatable bonds is 8. The molecule has 1 unspecified atom stereocenters. The third kappa shape index (κ3) is 5.17. The van der Waals surface area contributed by atoms with Gasteiger partial charge in [0.25, 0.3) is 5.91 Å². The molecule has 0 bridgehead atoms. The zero-order valence-electron chi connectivity index (χ0n) is 19.4.